The van der Waals surface area contributed by atoms with Gasteiger partial charge in [-0.15, -0.1) is 0 Å². The molecule has 2 aromatic heterocycles. The van der Waals surface area contributed by atoms with Crippen LogP contribution in [0.15, 0.2) is 41.3 Å². The third-order valence-electron chi connectivity index (χ3n) is 6.10. The number of aromatic nitrogens is 3. The maximum absolute atomic E-state index is 13.5. The van der Waals surface area contributed by atoms with Gasteiger partial charge in [0, 0.05) is 24.5 Å². The summed E-state index contributed by atoms with van der Waals surface area (Å²) in [6.45, 7) is 4.20. The van der Waals surface area contributed by atoms with Crippen LogP contribution in [0.2, 0.25) is 0 Å². The molecule has 0 saturated carbocycles. The van der Waals surface area contributed by atoms with Crippen LogP contribution in [0.3, 0.4) is 0 Å². The number of hydrogen-bond acceptors (Lipinski definition) is 6. The van der Waals surface area contributed by atoms with Crippen molar-refractivity contribution >= 4 is 22.4 Å². The Labute approximate surface area is 200 Å². The lowest BCUT2D eigenvalue weighted by Crippen LogP contribution is -2.42. The fourth-order valence-electron chi connectivity index (χ4n) is 4.50. The van der Waals surface area contributed by atoms with Crippen molar-refractivity contribution in [2.45, 2.75) is 56.9 Å². The first-order valence-corrected chi connectivity index (χ1v) is 11.4. The summed E-state index contributed by atoms with van der Waals surface area (Å²) in [4.78, 5) is 15.4. The lowest BCUT2D eigenvalue weighted by molar-refractivity contribution is -0.159. The van der Waals surface area contributed by atoms with E-state index in [-0.39, 0.29) is 29.4 Å². The van der Waals surface area contributed by atoms with E-state index in [4.69, 9.17) is 4.74 Å². The number of aromatic amines is 1. The zero-order chi connectivity index (χ0) is 25.2. The van der Waals surface area contributed by atoms with Crippen LogP contribution in [-0.4, -0.2) is 40.2 Å². The second-order valence-electron chi connectivity index (χ2n) is 9.09. The van der Waals surface area contributed by atoms with E-state index in [2.05, 4.69) is 26.8 Å². The second-order valence-corrected chi connectivity index (χ2v) is 9.09. The molecule has 186 valence electrons. The fourth-order valence-corrected chi connectivity index (χ4v) is 4.50. The van der Waals surface area contributed by atoms with Gasteiger partial charge in [-0.05, 0) is 36.6 Å². The topological polar surface area (TPSA) is 108 Å². The summed E-state index contributed by atoms with van der Waals surface area (Å²) >= 11 is 0. The minimum absolute atomic E-state index is 0.0808. The molecular weight excluding hydrogens is 461 g/mol. The standard InChI is InChI=1S/C24H27F3N6O2/c1-15(2)30-20(24(25,26)27)16-4-6-17(7-5-16)31-21-19-18(8-12-29-22(19)34)33(32-21)23(10-11-28)9-3-13-35-14-23/h4-8,12,15,20,30H,3,9-10,13-14H2,1-2H3,(H,29,34)(H,31,32)/t20-,23-/m0/s1. The van der Waals surface area contributed by atoms with Gasteiger partial charge >= 0.3 is 6.18 Å². The number of rotatable bonds is 7. The third-order valence-corrected chi connectivity index (χ3v) is 6.10. The number of nitrogens with one attached hydrogen (secondary N) is 3. The molecule has 0 amide bonds. The predicted molar refractivity (Wildman–Crippen MR) is 125 cm³/mol. The average Bonchev–Trinajstić information content (AvgIpc) is 3.18. The Hall–Kier alpha value is -3.36. The van der Waals surface area contributed by atoms with Crippen LogP contribution in [0.25, 0.3) is 10.9 Å². The molecule has 1 fully saturated rings. The molecule has 1 saturated heterocycles. The zero-order valence-corrected chi connectivity index (χ0v) is 19.4. The Kier molecular flexibility index (Phi) is 6.87. The van der Waals surface area contributed by atoms with Crippen molar-refractivity contribution < 1.29 is 17.9 Å². The molecular formula is C24H27F3N6O2. The number of alkyl halides is 3. The van der Waals surface area contributed by atoms with E-state index in [0.717, 1.165) is 6.42 Å². The number of nitriles is 1. The summed E-state index contributed by atoms with van der Waals surface area (Å²) in [5.41, 5.74) is 0.0214. The second kappa shape index (κ2) is 9.71. The van der Waals surface area contributed by atoms with Gasteiger partial charge in [0.25, 0.3) is 5.56 Å². The van der Waals surface area contributed by atoms with Crippen LogP contribution in [0.1, 0.15) is 44.7 Å². The summed E-state index contributed by atoms with van der Waals surface area (Å²) in [7, 11) is 0. The van der Waals surface area contributed by atoms with Crippen molar-refractivity contribution in [1.82, 2.24) is 20.1 Å². The first-order valence-electron chi connectivity index (χ1n) is 11.4. The van der Waals surface area contributed by atoms with E-state index in [1.54, 1.807) is 24.6 Å². The predicted octanol–water partition coefficient (Wildman–Crippen LogP) is 4.49. The van der Waals surface area contributed by atoms with E-state index >= 15 is 0 Å². The van der Waals surface area contributed by atoms with Gasteiger partial charge in [0.2, 0.25) is 0 Å². The molecule has 3 heterocycles. The first kappa shape index (κ1) is 24.8. The highest BCUT2D eigenvalue weighted by atomic mass is 19.4. The Morgan fingerprint density at radius 2 is 2.03 bits per heavy atom. The van der Waals surface area contributed by atoms with Crippen LogP contribution >= 0.6 is 0 Å². The molecule has 0 spiro atoms. The van der Waals surface area contributed by atoms with E-state index in [1.165, 1.54) is 30.5 Å². The average molecular weight is 489 g/mol. The largest absolute Gasteiger partial charge is 0.407 e. The molecule has 1 aliphatic rings. The van der Waals surface area contributed by atoms with Crippen LogP contribution < -0.4 is 16.2 Å². The van der Waals surface area contributed by atoms with Gasteiger partial charge in [-0.1, -0.05) is 26.0 Å². The zero-order valence-electron chi connectivity index (χ0n) is 19.4. The molecule has 0 unspecified atom stereocenters. The molecule has 0 radical (unpaired) electrons. The molecule has 11 heteroatoms. The number of ether oxygens (including phenoxy) is 1. The van der Waals surface area contributed by atoms with Crippen molar-refractivity contribution in [3.8, 4) is 6.07 Å². The Bertz CT molecular complexity index is 1270. The molecule has 1 aromatic carbocycles. The molecule has 2 atom stereocenters. The van der Waals surface area contributed by atoms with Crippen LogP contribution in [-0.2, 0) is 10.3 Å². The third kappa shape index (κ3) is 5.04. The Morgan fingerprint density at radius 3 is 2.63 bits per heavy atom. The van der Waals surface area contributed by atoms with Gasteiger partial charge in [-0.2, -0.15) is 23.5 Å². The number of hydrogen-bond donors (Lipinski definition) is 3. The van der Waals surface area contributed by atoms with Crippen LogP contribution in [0, 0.1) is 11.3 Å². The number of H-pyrrole nitrogens is 1. The fraction of sp³-hybridized carbons (Fsp3) is 0.458. The van der Waals surface area contributed by atoms with Gasteiger partial charge in [0.1, 0.15) is 11.4 Å². The number of anilines is 2. The van der Waals surface area contributed by atoms with Crippen molar-refractivity contribution in [1.29, 1.82) is 5.26 Å². The van der Waals surface area contributed by atoms with Crippen LogP contribution in [0.4, 0.5) is 24.7 Å². The number of benzene rings is 1. The van der Waals surface area contributed by atoms with Gasteiger partial charge in [-0.3, -0.25) is 9.48 Å². The van der Waals surface area contributed by atoms with Gasteiger partial charge in [-0.25, -0.2) is 0 Å². The van der Waals surface area contributed by atoms with Crippen molar-refractivity contribution in [3.05, 3.63) is 52.4 Å². The van der Waals surface area contributed by atoms with Crippen molar-refractivity contribution in [2.75, 3.05) is 18.5 Å². The summed E-state index contributed by atoms with van der Waals surface area (Å²) in [5, 5.41) is 20.1. The Morgan fingerprint density at radius 1 is 1.29 bits per heavy atom. The number of halogens is 3. The summed E-state index contributed by atoms with van der Waals surface area (Å²) in [5.74, 6) is 0.255. The summed E-state index contributed by atoms with van der Waals surface area (Å²) < 4.78 is 48.0. The van der Waals surface area contributed by atoms with Crippen molar-refractivity contribution in [2.24, 2.45) is 0 Å². The summed E-state index contributed by atoms with van der Waals surface area (Å²) in [6, 6.07) is 7.61. The van der Waals surface area contributed by atoms with Crippen LogP contribution in [0.5, 0.6) is 0 Å². The number of nitrogens with zero attached hydrogens (tertiary/aromatic N) is 3. The Balaban J connectivity index is 1.71. The number of pyridine rings is 1. The summed E-state index contributed by atoms with van der Waals surface area (Å²) in [6.07, 6.45) is -1.35. The SMILES string of the molecule is CC(C)N[C@@H](c1ccc(Nc2nn([C@]3(CC#N)CCCOC3)c3cc[nH]c(=O)c23)cc1)C(F)(F)F. The van der Waals surface area contributed by atoms with E-state index in [9.17, 15) is 23.2 Å². The lowest BCUT2D eigenvalue weighted by Gasteiger charge is -2.35. The minimum Gasteiger partial charge on any atom is -0.379 e. The molecule has 4 rings (SSSR count). The maximum Gasteiger partial charge on any atom is 0.407 e. The normalized spacial score (nSPS) is 19.6. The van der Waals surface area contributed by atoms with E-state index < -0.39 is 17.8 Å². The quantitative estimate of drug-likeness (QED) is 0.452. The highest BCUT2D eigenvalue weighted by Gasteiger charge is 2.41. The van der Waals surface area contributed by atoms with E-state index in [1.807, 2.05) is 0 Å². The molecule has 8 nitrogen and oxygen atoms in total. The van der Waals surface area contributed by atoms with Gasteiger partial charge in [0.15, 0.2) is 5.82 Å². The van der Waals surface area contributed by atoms with Crippen molar-refractivity contribution in [3.63, 3.8) is 0 Å². The molecule has 0 aliphatic carbocycles. The maximum atomic E-state index is 13.5. The molecule has 3 aromatic rings. The highest BCUT2D eigenvalue weighted by molar-refractivity contribution is 5.91. The molecule has 1 aliphatic heterocycles. The highest BCUT2D eigenvalue weighted by Crippen LogP contribution is 2.36. The first-order chi connectivity index (χ1) is 16.6. The minimum atomic E-state index is -4.45. The lowest BCUT2D eigenvalue weighted by atomic mass is 9.89. The molecule has 3 N–H and O–H groups in total. The monoisotopic (exact) mass is 488 g/mol. The number of fused-ring (bicyclic) bond motifs is 1. The molecule has 35 heavy (non-hydrogen) atoms. The molecule has 0 bridgehead atoms. The van der Waals surface area contributed by atoms with E-state index in [0.29, 0.717) is 36.2 Å². The van der Waals surface area contributed by atoms with Gasteiger partial charge in [0.05, 0.1) is 30.2 Å². The smallest absolute Gasteiger partial charge is 0.379 e. The van der Waals surface area contributed by atoms with Gasteiger partial charge < -0.3 is 20.4 Å².